The third kappa shape index (κ3) is 5.35. The van der Waals surface area contributed by atoms with Gasteiger partial charge in [-0.3, -0.25) is 4.79 Å². The number of anilines is 1. The molecule has 2 aromatic carbocycles. The summed E-state index contributed by atoms with van der Waals surface area (Å²) in [4.78, 5) is 26.4. The van der Waals surface area contributed by atoms with E-state index >= 15 is 0 Å². The molecule has 5 heteroatoms. The summed E-state index contributed by atoms with van der Waals surface area (Å²) in [6.07, 6.45) is 0.989. The van der Waals surface area contributed by atoms with Crippen molar-refractivity contribution in [1.29, 1.82) is 0 Å². The largest absolute Gasteiger partial charge is 0.444 e. The second kappa shape index (κ2) is 8.46. The van der Waals surface area contributed by atoms with Gasteiger partial charge in [-0.15, -0.1) is 0 Å². The van der Waals surface area contributed by atoms with Gasteiger partial charge >= 0.3 is 6.09 Å². The second-order valence-electron chi connectivity index (χ2n) is 8.17. The lowest BCUT2D eigenvalue weighted by molar-refractivity contribution is -0.121. The van der Waals surface area contributed by atoms with Crippen molar-refractivity contribution in [2.75, 3.05) is 18.4 Å². The number of rotatable bonds is 3. The van der Waals surface area contributed by atoms with Crippen molar-refractivity contribution in [3.05, 3.63) is 54.6 Å². The van der Waals surface area contributed by atoms with E-state index in [1.54, 1.807) is 4.90 Å². The molecule has 0 aromatic heterocycles. The topological polar surface area (TPSA) is 58.6 Å². The Morgan fingerprint density at radius 2 is 1.50 bits per heavy atom. The summed E-state index contributed by atoms with van der Waals surface area (Å²) >= 11 is 0. The molecule has 0 aliphatic carbocycles. The Balaban J connectivity index is 1.51. The van der Waals surface area contributed by atoms with E-state index in [-0.39, 0.29) is 17.9 Å². The van der Waals surface area contributed by atoms with Gasteiger partial charge in [-0.05, 0) is 56.9 Å². The Morgan fingerprint density at radius 1 is 0.929 bits per heavy atom. The number of ether oxygens (including phenoxy) is 1. The molecule has 28 heavy (non-hydrogen) atoms. The molecule has 2 aromatic rings. The van der Waals surface area contributed by atoms with Crippen molar-refractivity contribution in [3.63, 3.8) is 0 Å². The van der Waals surface area contributed by atoms with Gasteiger partial charge in [0.1, 0.15) is 5.60 Å². The molecule has 1 saturated heterocycles. The van der Waals surface area contributed by atoms with Crippen molar-refractivity contribution in [3.8, 4) is 11.1 Å². The van der Waals surface area contributed by atoms with Crippen LogP contribution < -0.4 is 5.32 Å². The number of nitrogens with zero attached hydrogens (tertiary/aromatic N) is 1. The fourth-order valence-corrected chi connectivity index (χ4v) is 3.27. The van der Waals surface area contributed by atoms with Crippen LogP contribution in [-0.4, -0.2) is 35.6 Å². The number of hydrogen-bond donors (Lipinski definition) is 1. The maximum Gasteiger partial charge on any atom is 0.410 e. The van der Waals surface area contributed by atoms with Gasteiger partial charge in [0, 0.05) is 24.7 Å². The molecule has 1 fully saturated rings. The summed E-state index contributed by atoms with van der Waals surface area (Å²) in [6.45, 7) is 6.65. The zero-order valence-electron chi connectivity index (χ0n) is 16.8. The Labute approximate surface area is 166 Å². The molecule has 0 unspecified atom stereocenters. The lowest BCUT2D eigenvalue weighted by Crippen LogP contribution is -2.43. The lowest BCUT2D eigenvalue weighted by atomic mass is 9.96. The predicted molar refractivity (Wildman–Crippen MR) is 111 cm³/mol. The Hall–Kier alpha value is -2.82. The van der Waals surface area contributed by atoms with E-state index in [0.717, 1.165) is 16.8 Å². The number of amides is 2. The van der Waals surface area contributed by atoms with Crippen LogP contribution in [0.2, 0.25) is 0 Å². The smallest absolute Gasteiger partial charge is 0.410 e. The van der Waals surface area contributed by atoms with E-state index in [1.165, 1.54) is 0 Å². The first-order chi connectivity index (χ1) is 13.3. The van der Waals surface area contributed by atoms with E-state index in [0.29, 0.717) is 25.9 Å². The summed E-state index contributed by atoms with van der Waals surface area (Å²) in [5.74, 6) is -0.0798. The number of carbonyl (C=O) groups excluding carboxylic acids is 2. The molecule has 1 aliphatic heterocycles. The van der Waals surface area contributed by atoms with Crippen molar-refractivity contribution < 1.29 is 14.3 Å². The van der Waals surface area contributed by atoms with Crippen LogP contribution in [0.15, 0.2) is 54.6 Å². The third-order valence-corrected chi connectivity index (χ3v) is 4.78. The zero-order valence-corrected chi connectivity index (χ0v) is 16.8. The molecular weight excluding hydrogens is 352 g/mol. The van der Waals surface area contributed by atoms with Crippen molar-refractivity contribution >= 4 is 17.7 Å². The standard InChI is InChI=1S/C23H28N2O3/c1-23(2,3)28-22(27)25-15-13-19(14-16-25)21(26)24-20-11-9-18(10-12-20)17-7-5-4-6-8-17/h4-12,19H,13-16H2,1-3H3,(H,24,26). The van der Waals surface area contributed by atoms with E-state index in [9.17, 15) is 9.59 Å². The van der Waals surface area contributed by atoms with Crippen LogP contribution in [-0.2, 0) is 9.53 Å². The molecule has 148 valence electrons. The molecule has 3 rings (SSSR count). The minimum absolute atomic E-state index is 0.0105. The summed E-state index contributed by atoms with van der Waals surface area (Å²) in [7, 11) is 0. The van der Waals surface area contributed by atoms with E-state index < -0.39 is 5.60 Å². The number of hydrogen-bond acceptors (Lipinski definition) is 3. The van der Waals surface area contributed by atoms with Gasteiger partial charge in [-0.1, -0.05) is 42.5 Å². The first kappa shape index (κ1) is 19.9. The average Bonchev–Trinajstić information content (AvgIpc) is 2.68. The third-order valence-electron chi connectivity index (χ3n) is 4.78. The van der Waals surface area contributed by atoms with Crippen LogP contribution in [0.5, 0.6) is 0 Å². The average molecular weight is 380 g/mol. The molecule has 1 N–H and O–H groups in total. The Morgan fingerprint density at radius 3 is 2.07 bits per heavy atom. The molecule has 0 bridgehead atoms. The van der Waals surface area contributed by atoms with Crippen molar-refractivity contribution in [2.24, 2.45) is 5.92 Å². The molecule has 0 saturated carbocycles. The maximum absolute atomic E-state index is 12.6. The van der Waals surface area contributed by atoms with Crippen LogP contribution in [0.25, 0.3) is 11.1 Å². The predicted octanol–water partition coefficient (Wildman–Crippen LogP) is 4.94. The minimum Gasteiger partial charge on any atom is -0.444 e. The Bertz CT molecular complexity index is 802. The highest BCUT2D eigenvalue weighted by Crippen LogP contribution is 2.24. The fourth-order valence-electron chi connectivity index (χ4n) is 3.27. The van der Waals surface area contributed by atoms with Gasteiger partial charge < -0.3 is 15.0 Å². The van der Waals surface area contributed by atoms with Gasteiger partial charge in [0.15, 0.2) is 0 Å². The molecule has 0 atom stereocenters. The number of likely N-dealkylation sites (tertiary alicyclic amines) is 1. The monoisotopic (exact) mass is 380 g/mol. The van der Waals surface area contributed by atoms with Gasteiger partial charge in [-0.2, -0.15) is 0 Å². The summed E-state index contributed by atoms with van der Waals surface area (Å²) in [6, 6.07) is 18.0. The van der Waals surface area contributed by atoms with Gasteiger partial charge in [0.25, 0.3) is 0 Å². The van der Waals surface area contributed by atoms with Crippen molar-refractivity contribution in [1.82, 2.24) is 4.90 Å². The normalized spacial score (nSPS) is 15.2. The molecule has 0 radical (unpaired) electrons. The van der Waals surface area contributed by atoms with Crippen LogP contribution in [0.4, 0.5) is 10.5 Å². The minimum atomic E-state index is -0.503. The number of piperidine rings is 1. The zero-order chi connectivity index (χ0) is 20.1. The van der Waals surface area contributed by atoms with Crippen LogP contribution in [0.3, 0.4) is 0 Å². The van der Waals surface area contributed by atoms with Crippen LogP contribution >= 0.6 is 0 Å². The van der Waals surface area contributed by atoms with Gasteiger partial charge in [-0.25, -0.2) is 4.79 Å². The highest BCUT2D eigenvalue weighted by molar-refractivity contribution is 5.93. The highest BCUT2D eigenvalue weighted by atomic mass is 16.6. The van der Waals surface area contributed by atoms with E-state index in [4.69, 9.17) is 4.74 Å². The number of nitrogens with one attached hydrogen (secondary N) is 1. The summed E-state index contributed by atoms with van der Waals surface area (Å²) in [5, 5.41) is 3.00. The van der Waals surface area contributed by atoms with Gasteiger partial charge in [0.05, 0.1) is 0 Å². The fraction of sp³-hybridized carbons (Fsp3) is 0.391. The first-order valence-corrected chi connectivity index (χ1v) is 9.76. The van der Waals surface area contributed by atoms with Crippen LogP contribution in [0.1, 0.15) is 33.6 Å². The molecular formula is C23H28N2O3. The molecule has 1 heterocycles. The van der Waals surface area contributed by atoms with E-state index in [1.807, 2.05) is 63.2 Å². The van der Waals surface area contributed by atoms with E-state index in [2.05, 4.69) is 17.4 Å². The summed E-state index contributed by atoms with van der Waals surface area (Å²) < 4.78 is 5.40. The molecule has 2 amide bonds. The second-order valence-corrected chi connectivity index (χ2v) is 8.17. The maximum atomic E-state index is 12.6. The van der Waals surface area contributed by atoms with Crippen molar-refractivity contribution in [2.45, 2.75) is 39.2 Å². The number of carbonyl (C=O) groups is 2. The Kier molecular flexibility index (Phi) is 6.02. The van der Waals surface area contributed by atoms with Gasteiger partial charge in [0.2, 0.25) is 5.91 Å². The molecule has 1 aliphatic rings. The summed E-state index contributed by atoms with van der Waals surface area (Å²) in [5.41, 5.74) is 2.55. The quantitative estimate of drug-likeness (QED) is 0.820. The molecule has 5 nitrogen and oxygen atoms in total. The molecule has 0 spiro atoms. The lowest BCUT2D eigenvalue weighted by Gasteiger charge is -2.32. The SMILES string of the molecule is CC(C)(C)OC(=O)N1CCC(C(=O)Nc2ccc(-c3ccccc3)cc2)CC1. The van der Waals surface area contributed by atoms with Crippen LogP contribution in [0, 0.1) is 5.92 Å². The highest BCUT2D eigenvalue weighted by Gasteiger charge is 2.29. The number of benzene rings is 2. The first-order valence-electron chi connectivity index (χ1n) is 9.76.